The molecule has 0 spiro atoms. The highest BCUT2D eigenvalue weighted by atomic mass is 16.3. The fourth-order valence-corrected chi connectivity index (χ4v) is 1.25. The first-order valence-electron chi connectivity index (χ1n) is 4.48. The van der Waals surface area contributed by atoms with Crippen molar-refractivity contribution in [3.05, 3.63) is 0 Å². The van der Waals surface area contributed by atoms with E-state index in [1.807, 2.05) is 0 Å². The van der Waals surface area contributed by atoms with Crippen LogP contribution < -0.4 is 5.32 Å². The summed E-state index contributed by atoms with van der Waals surface area (Å²) in [5.41, 5.74) is 0. The van der Waals surface area contributed by atoms with Crippen LogP contribution in [0.25, 0.3) is 0 Å². The van der Waals surface area contributed by atoms with E-state index < -0.39 is 6.23 Å². The van der Waals surface area contributed by atoms with Gasteiger partial charge in [-0.05, 0) is 25.7 Å². The topological polar surface area (TPSA) is 31.9 Å². The predicted molar refractivity (Wildman–Crippen MR) is 46.8 cm³/mol. The van der Waals surface area contributed by atoms with Gasteiger partial charge in [0.05, 0.1) is 0 Å². The van der Waals surface area contributed by atoms with E-state index in [1.165, 1.54) is 0 Å². The second kappa shape index (κ2) is 5.56. The lowest BCUT2D eigenvalue weighted by atomic mass is 10.0. The van der Waals surface area contributed by atoms with Crippen molar-refractivity contribution in [2.24, 2.45) is 5.92 Å². The molecule has 2 heteroatoms. The molecule has 2 unspecified atom stereocenters. The number of hydrogen-bond acceptors (Lipinski definition) is 1. The van der Waals surface area contributed by atoms with Crippen LogP contribution in [0.4, 0.5) is 0 Å². The Balaban J connectivity index is 3.58. The minimum absolute atomic E-state index is 0.405. The van der Waals surface area contributed by atoms with Gasteiger partial charge in [-0.3, -0.25) is 5.32 Å². The van der Waals surface area contributed by atoms with E-state index in [-0.39, 0.29) is 0 Å². The van der Waals surface area contributed by atoms with E-state index in [1.54, 1.807) is 6.92 Å². The van der Waals surface area contributed by atoms with E-state index in [4.69, 9.17) is 0 Å². The van der Waals surface area contributed by atoms with Crippen molar-refractivity contribution in [1.29, 1.82) is 0 Å². The Morgan fingerprint density at radius 1 is 1.27 bits per heavy atom. The summed E-state index contributed by atoms with van der Waals surface area (Å²) in [6.45, 7) is 8.13. The Hall–Kier alpha value is -0.0800. The molecular formula is C9H20NO. The highest BCUT2D eigenvalue weighted by Gasteiger charge is 2.10. The quantitative estimate of drug-likeness (QED) is 0.611. The zero-order chi connectivity index (χ0) is 8.85. The molecule has 0 heterocycles. The maximum absolute atomic E-state index is 10.8. The summed E-state index contributed by atoms with van der Waals surface area (Å²) in [5.74, 6) is 0.672. The smallest absolute Gasteiger partial charge is 0.141 e. The summed E-state index contributed by atoms with van der Waals surface area (Å²) in [7, 11) is 0. The second-order valence-corrected chi connectivity index (χ2v) is 3.54. The van der Waals surface area contributed by atoms with Crippen LogP contribution in [0, 0.1) is 5.92 Å². The molecule has 67 valence electrons. The zero-order valence-electron chi connectivity index (χ0n) is 8.05. The fraction of sp³-hybridized carbons (Fsp3) is 1.00. The standard InChI is InChI=1S/C9H20NO/c1-5-9(6-7(2)3)10-8(4)11/h7-10H,5-6H2,1-4H3. The van der Waals surface area contributed by atoms with Crippen molar-refractivity contribution in [2.75, 3.05) is 0 Å². The van der Waals surface area contributed by atoms with Gasteiger partial charge >= 0.3 is 0 Å². The normalized spacial score (nSPS) is 16.9. The van der Waals surface area contributed by atoms with Gasteiger partial charge in [-0.2, -0.15) is 0 Å². The van der Waals surface area contributed by atoms with Crippen molar-refractivity contribution in [1.82, 2.24) is 5.32 Å². The molecule has 0 aliphatic heterocycles. The van der Waals surface area contributed by atoms with E-state index in [2.05, 4.69) is 26.1 Å². The minimum atomic E-state index is -0.626. The van der Waals surface area contributed by atoms with Crippen LogP contribution in [0.15, 0.2) is 0 Å². The van der Waals surface area contributed by atoms with Crippen molar-refractivity contribution in [3.63, 3.8) is 0 Å². The van der Waals surface area contributed by atoms with Gasteiger partial charge in [-0.25, -0.2) is 5.11 Å². The Morgan fingerprint density at radius 2 is 1.82 bits per heavy atom. The average Bonchev–Trinajstić information content (AvgIpc) is 1.84. The predicted octanol–water partition coefficient (Wildman–Crippen LogP) is 2.18. The molecule has 0 amide bonds. The van der Waals surface area contributed by atoms with Crippen LogP contribution in [-0.2, 0) is 5.11 Å². The SMILES string of the molecule is CCC(CC(C)C)NC(C)[O]. The third-order valence-corrected chi connectivity index (χ3v) is 1.72. The summed E-state index contributed by atoms with van der Waals surface area (Å²) >= 11 is 0. The average molecular weight is 158 g/mol. The summed E-state index contributed by atoms with van der Waals surface area (Å²) in [6.07, 6.45) is 1.52. The molecule has 2 atom stereocenters. The van der Waals surface area contributed by atoms with Crippen LogP contribution in [0.1, 0.15) is 40.5 Å². The van der Waals surface area contributed by atoms with Gasteiger partial charge in [0.15, 0.2) is 0 Å². The second-order valence-electron chi connectivity index (χ2n) is 3.54. The van der Waals surface area contributed by atoms with Gasteiger partial charge in [0.2, 0.25) is 0 Å². The number of rotatable bonds is 5. The summed E-state index contributed by atoms with van der Waals surface area (Å²) < 4.78 is 0. The maximum atomic E-state index is 10.8. The summed E-state index contributed by atoms with van der Waals surface area (Å²) in [4.78, 5) is 0. The molecule has 0 aliphatic rings. The van der Waals surface area contributed by atoms with E-state index in [0.717, 1.165) is 12.8 Å². The van der Waals surface area contributed by atoms with Crippen LogP contribution in [-0.4, -0.2) is 12.3 Å². The molecule has 0 aromatic heterocycles. The van der Waals surface area contributed by atoms with Gasteiger partial charge < -0.3 is 0 Å². The Morgan fingerprint density at radius 3 is 2.09 bits per heavy atom. The highest BCUT2D eigenvalue weighted by molar-refractivity contribution is 4.66. The first-order chi connectivity index (χ1) is 5.06. The Labute approximate surface area is 70.0 Å². The lowest BCUT2D eigenvalue weighted by Gasteiger charge is -2.19. The van der Waals surface area contributed by atoms with Crippen molar-refractivity contribution < 1.29 is 5.11 Å². The molecule has 0 bridgehead atoms. The lowest BCUT2D eigenvalue weighted by molar-refractivity contribution is 0.0604. The highest BCUT2D eigenvalue weighted by Crippen LogP contribution is 2.07. The van der Waals surface area contributed by atoms with Crippen molar-refractivity contribution in [2.45, 2.75) is 52.8 Å². The van der Waals surface area contributed by atoms with E-state index >= 15 is 0 Å². The molecule has 1 radical (unpaired) electrons. The molecule has 0 fully saturated rings. The van der Waals surface area contributed by atoms with Gasteiger partial charge in [0, 0.05) is 6.04 Å². The van der Waals surface area contributed by atoms with E-state index in [0.29, 0.717) is 12.0 Å². The molecule has 1 N–H and O–H groups in total. The minimum Gasteiger partial charge on any atom is -0.287 e. The molecule has 0 rings (SSSR count). The molecule has 0 aromatic carbocycles. The zero-order valence-corrected chi connectivity index (χ0v) is 8.05. The third-order valence-electron chi connectivity index (χ3n) is 1.72. The third kappa shape index (κ3) is 6.32. The van der Waals surface area contributed by atoms with Crippen LogP contribution in [0.5, 0.6) is 0 Å². The summed E-state index contributed by atoms with van der Waals surface area (Å²) in [6, 6.07) is 0.405. The first-order valence-corrected chi connectivity index (χ1v) is 4.48. The molecule has 11 heavy (non-hydrogen) atoms. The monoisotopic (exact) mass is 158 g/mol. The van der Waals surface area contributed by atoms with Crippen molar-refractivity contribution >= 4 is 0 Å². The Kier molecular flexibility index (Phi) is 5.51. The molecule has 2 nitrogen and oxygen atoms in total. The van der Waals surface area contributed by atoms with Gasteiger partial charge in [-0.15, -0.1) is 0 Å². The molecular weight excluding hydrogens is 138 g/mol. The number of hydrogen-bond donors (Lipinski definition) is 1. The van der Waals surface area contributed by atoms with Gasteiger partial charge in [0.1, 0.15) is 6.23 Å². The molecule has 0 saturated heterocycles. The van der Waals surface area contributed by atoms with Crippen LogP contribution in [0.2, 0.25) is 0 Å². The largest absolute Gasteiger partial charge is 0.287 e. The fourth-order valence-electron chi connectivity index (χ4n) is 1.25. The van der Waals surface area contributed by atoms with Gasteiger partial charge in [0.25, 0.3) is 0 Å². The first kappa shape index (κ1) is 10.9. The molecule has 0 saturated carbocycles. The molecule has 0 aromatic rings. The van der Waals surface area contributed by atoms with Crippen molar-refractivity contribution in [3.8, 4) is 0 Å². The number of nitrogens with one attached hydrogen (secondary N) is 1. The Bertz CT molecular complexity index is 81.6. The maximum Gasteiger partial charge on any atom is 0.141 e. The van der Waals surface area contributed by atoms with Gasteiger partial charge in [-0.1, -0.05) is 20.8 Å². The van der Waals surface area contributed by atoms with Crippen LogP contribution in [0.3, 0.4) is 0 Å². The lowest BCUT2D eigenvalue weighted by Crippen LogP contribution is -2.35. The van der Waals surface area contributed by atoms with E-state index in [9.17, 15) is 5.11 Å². The molecule has 0 aliphatic carbocycles. The summed E-state index contributed by atoms with van der Waals surface area (Å²) in [5, 5.41) is 13.8. The van der Waals surface area contributed by atoms with Crippen LogP contribution >= 0.6 is 0 Å².